The van der Waals surface area contributed by atoms with E-state index < -0.39 is 0 Å². The van der Waals surface area contributed by atoms with Gasteiger partial charge in [0, 0.05) is 5.02 Å². The average molecular weight is 230 g/mol. The molecule has 16 heavy (non-hydrogen) atoms. The molecular weight excluding hydrogens is 222 g/mol. The molecule has 0 N–H and O–H groups in total. The molecule has 2 rings (SSSR count). The zero-order valence-corrected chi connectivity index (χ0v) is 9.11. The van der Waals surface area contributed by atoms with Crippen molar-refractivity contribution in [1.29, 1.82) is 5.26 Å². The number of hydrogen-bond acceptors (Lipinski definition) is 2. The van der Waals surface area contributed by atoms with Gasteiger partial charge in [-0.15, -0.1) is 0 Å². The van der Waals surface area contributed by atoms with Crippen LogP contribution in [-0.4, -0.2) is 0 Å². The number of benzene rings is 1. The van der Waals surface area contributed by atoms with Gasteiger partial charge in [0.15, 0.2) is 0 Å². The van der Waals surface area contributed by atoms with Gasteiger partial charge < -0.3 is 4.42 Å². The highest BCUT2D eigenvalue weighted by Crippen LogP contribution is 2.19. The van der Waals surface area contributed by atoms with Gasteiger partial charge in [-0.25, -0.2) is 0 Å². The molecule has 0 radical (unpaired) electrons. The van der Waals surface area contributed by atoms with Gasteiger partial charge in [-0.1, -0.05) is 23.7 Å². The van der Waals surface area contributed by atoms with Crippen LogP contribution in [0.2, 0.25) is 5.02 Å². The van der Waals surface area contributed by atoms with Crippen LogP contribution in [0.5, 0.6) is 0 Å². The minimum atomic E-state index is 0.548. The molecule has 2 nitrogen and oxygen atoms in total. The summed E-state index contributed by atoms with van der Waals surface area (Å²) < 4.78 is 5.16. The Hall–Kier alpha value is -1.98. The fraction of sp³-hybridized carbons (Fsp3) is 0. The summed E-state index contributed by atoms with van der Waals surface area (Å²) in [5.74, 6) is 0.659. The van der Waals surface area contributed by atoms with Crippen LogP contribution in [0, 0.1) is 11.3 Å². The Kier molecular flexibility index (Phi) is 3.09. The minimum Gasteiger partial charge on any atom is -0.465 e. The zero-order chi connectivity index (χ0) is 11.4. The second kappa shape index (κ2) is 4.69. The second-order valence-corrected chi connectivity index (χ2v) is 3.63. The molecule has 3 heteroatoms. The van der Waals surface area contributed by atoms with E-state index in [2.05, 4.69) is 6.07 Å². The van der Waals surface area contributed by atoms with E-state index in [0.717, 1.165) is 5.56 Å². The number of halogens is 1. The van der Waals surface area contributed by atoms with Crippen molar-refractivity contribution in [2.45, 2.75) is 0 Å². The van der Waals surface area contributed by atoms with Crippen molar-refractivity contribution in [1.82, 2.24) is 0 Å². The molecule has 0 amide bonds. The Balaban J connectivity index is 2.37. The van der Waals surface area contributed by atoms with Crippen molar-refractivity contribution in [3.8, 4) is 6.07 Å². The zero-order valence-electron chi connectivity index (χ0n) is 8.35. The van der Waals surface area contributed by atoms with Gasteiger partial charge in [0.2, 0.25) is 0 Å². The van der Waals surface area contributed by atoms with Crippen LogP contribution in [0.4, 0.5) is 0 Å². The maximum Gasteiger partial charge on any atom is 0.127 e. The number of hydrogen-bond donors (Lipinski definition) is 0. The largest absolute Gasteiger partial charge is 0.465 e. The minimum absolute atomic E-state index is 0.548. The van der Waals surface area contributed by atoms with Crippen molar-refractivity contribution >= 4 is 23.3 Å². The standard InChI is InChI=1S/C13H8ClNO/c14-12-5-3-10(4-6-12)11(9-15)8-13-2-1-7-16-13/h1-8H/b11-8+. The molecule has 0 fully saturated rings. The third kappa shape index (κ3) is 2.33. The lowest BCUT2D eigenvalue weighted by Crippen LogP contribution is -1.80. The highest BCUT2D eigenvalue weighted by Gasteiger charge is 2.01. The summed E-state index contributed by atoms with van der Waals surface area (Å²) in [5.41, 5.74) is 1.37. The van der Waals surface area contributed by atoms with Gasteiger partial charge in [-0.3, -0.25) is 0 Å². The van der Waals surface area contributed by atoms with Gasteiger partial charge in [0.05, 0.1) is 17.9 Å². The lowest BCUT2D eigenvalue weighted by Gasteiger charge is -1.98. The molecule has 0 aliphatic heterocycles. The van der Waals surface area contributed by atoms with Crippen LogP contribution in [0.3, 0.4) is 0 Å². The van der Waals surface area contributed by atoms with Crippen LogP contribution in [0.15, 0.2) is 47.1 Å². The predicted molar refractivity (Wildman–Crippen MR) is 63.6 cm³/mol. The Morgan fingerprint density at radius 1 is 1.25 bits per heavy atom. The molecule has 0 unspecified atom stereocenters. The molecule has 1 aromatic carbocycles. The molecule has 1 aromatic heterocycles. The molecule has 0 saturated carbocycles. The molecule has 0 spiro atoms. The second-order valence-electron chi connectivity index (χ2n) is 3.19. The number of nitrogens with zero attached hydrogens (tertiary/aromatic N) is 1. The monoisotopic (exact) mass is 229 g/mol. The molecule has 2 aromatic rings. The third-order valence-corrected chi connectivity index (χ3v) is 2.36. The summed E-state index contributed by atoms with van der Waals surface area (Å²) in [6, 6.07) is 12.8. The quantitative estimate of drug-likeness (QED) is 0.730. The molecule has 1 heterocycles. The number of allylic oxidation sites excluding steroid dienone is 1. The SMILES string of the molecule is N#C/C(=C\c1ccco1)c1ccc(Cl)cc1. The lowest BCUT2D eigenvalue weighted by atomic mass is 10.1. The molecule has 0 aliphatic carbocycles. The van der Waals surface area contributed by atoms with E-state index in [0.29, 0.717) is 16.4 Å². The normalized spacial score (nSPS) is 11.1. The van der Waals surface area contributed by atoms with Crippen LogP contribution in [0.1, 0.15) is 11.3 Å². The Morgan fingerprint density at radius 3 is 2.56 bits per heavy atom. The van der Waals surface area contributed by atoms with Crippen molar-refractivity contribution < 1.29 is 4.42 Å². The first-order valence-electron chi connectivity index (χ1n) is 4.71. The molecule has 0 aliphatic rings. The van der Waals surface area contributed by atoms with Crippen LogP contribution in [0.25, 0.3) is 11.6 Å². The van der Waals surface area contributed by atoms with E-state index in [-0.39, 0.29) is 0 Å². The summed E-state index contributed by atoms with van der Waals surface area (Å²) in [6.45, 7) is 0. The topological polar surface area (TPSA) is 36.9 Å². The summed E-state index contributed by atoms with van der Waals surface area (Å²) in [6.07, 6.45) is 3.27. The predicted octanol–water partition coefficient (Wildman–Crippen LogP) is 4.00. The van der Waals surface area contributed by atoms with Gasteiger partial charge >= 0.3 is 0 Å². The maximum atomic E-state index is 9.05. The fourth-order valence-electron chi connectivity index (χ4n) is 1.33. The number of nitriles is 1. The molecule has 0 bridgehead atoms. The van der Waals surface area contributed by atoms with Gasteiger partial charge in [0.1, 0.15) is 5.76 Å². The third-order valence-electron chi connectivity index (χ3n) is 2.11. The highest BCUT2D eigenvalue weighted by molar-refractivity contribution is 6.30. The van der Waals surface area contributed by atoms with Gasteiger partial charge in [0.25, 0.3) is 0 Å². The number of furan rings is 1. The maximum absolute atomic E-state index is 9.05. The molecular formula is C13H8ClNO. The Labute approximate surface area is 98.4 Å². The molecule has 0 saturated heterocycles. The van der Waals surface area contributed by atoms with Crippen LogP contribution < -0.4 is 0 Å². The lowest BCUT2D eigenvalue weighted by molar-refractivity contribution is 0.557. The first kappa shape index (κ1) is 10.5. The van der Waals surface area contributed by atoms with Gasteiger partial charge in [-0.2, -0.15) is 5.26 Å². The van der Waals surface area contributed by atoms with E-state index in [9.17, 15) is 0 Å². The van der Waals surface area contributed by atoms with Crippen molar-refractivity contribution in [3.05, 3.63) is 59.0 Å². The smallest absolute Gasteiger partial charge is 0.127 e. The average Bonchev–Trinajstić information content (AvgIpc) is 2.80. The van der Waals surface area contributed by atoms with Crippen LogP contribution in [-0.2, 0) is 0 Å². The fourth-order valence-corrected chi connectivity index (χ4v) is 1.45. The van der Waals surface area contributed by atoms with E-state index in [1.807, 2.05) is 0 Å². The van der Waals surface area contributed by atoms with Crippen molar-refractivity contribution in [2.24, 2.45) is 0 Å². The highest BCUT2D eigenvalue weighted by atomic mass is 35.5. The van der Waals surface area contributed by atoms with Gasteiger partial charge in [-0.05, 0) is 35.9 Å². The summed E-state index contributed by atoms with van der Waals surface area (Å²) in [4.78, 5) is 0. The number of rotatable bonds is 2. The van der Waals surface area contributed by atoms with Crippen LogP contribution >= 0.6 is 11.6 Å². The Bertz CT molecular complexity index is 532. The molecule has 0 atom stereocenters. The van der Waals surface area contributed by atoms with E-state index in [1.165, 1.54) is 0 Å². The van der Waals surface area contributed by atoms with E-state index >= 15 is 0 Å². The first-order valence-corrected chi connectivity index (χ1v) is 5.08. The van der Waals surface area contributed by atoms with E-state index in [4.69, 9.17) is 21.3 Å². The Morgan fingerprint density at radius 2 is 2.00 bits per heavy atom. The van der Waals surface area contributed by atoms with E-state index in [1.54, 1.807) is 48.7 Å². The van der Waals surface area contributed by atoms with Crippen molar-refractivity contribution in [2.75, 3.05) is 0 Å². The van der Waals surface area contributed by atoms with Crippen molar-refractivity contribution in [3.63, 3.8) is 0 Å². The summed E-state index contributed by atoms with van der Waals surface area (Å²) >= 11 is 5.78. The molecule has 78 valence electrons. The summed E-state index contributed by atoms with van der Waals surface area (Å²) in [5, 5.41) is 9.71. The summed E-state index contributed by atoms with van der Waals surface area (Å²) in [7, 11) is 0. The first-order chi connectivity index (χ1) is 7.79.